The van der Waals surface area contributed by atoms with Crippen molar-refractivity contribution in [3.05, 3.63) is 65.7 Å². The Morgan fingerprint density at radius 1 is 1.21 bits per heavy atom. The summed E-state index contributed by atoms with van der Waals surface area (Å²) in [6.07, 6.45) is 1.77. The monoisotopic (exact) mass is 324 g/mol. The van der Waals surface area contributed by atoms with Gasteiger partial charge in [0.25, 0.3) is 5.91 Å². The molecule has 124 valence electrons. The summed E-state index contributed by atoms with van der Waals surface area (Å²) in [6.45, 7) is 0.751. The first-order valence-electron chi connectivity index (χ1n) is 7.79. The normalized spacial score (nSPS) is 20.2. The Morgan fingerprint density at radius 2 is 1.96 bits per heavy atom. The molecule has 3 rings (SSSR count). The van der Waals surface area contributed by atoms with Crippen molar-refractivity contribution in [1.82, 2.24) is 16.3 Å². The number of benzene rings is 2. The molecule has 0 aromatic heterocycles. The Morgan fingerprint density at radius 3 is 2.67 bits per heavy atom. The lowest BCUT2D eigenvalue weighted by Crippen LogP contribution is -2.25. The first-order valence-corrected chi connectivity index (χ1v) is 7.79. The van der Waals surface area contributed by atoms with Crippen molar-refractivity contribution in [3.8, 4) is 5.75 Å². The van der Waals surface area contributed by atoms with Crippen LogP contribution in [0, 0.1) is 5.92 Å². The molecule has 0 saturated carbocycles. The molecule has 0 aliphatic carbocycles. The van der Waals surface area contributed by atoms with Crippen LogP contribution in [0.3, 0.4) is 0 Å². The first-order chi connectivity index (χ1) is 11.8. The lowest BCUT2D eigenvalue weighted by molar-refractivity contribution is 0.0955. The van der Waals surface area contributed by atoms with Crippen LogP contribution in [0.1, 0.15) is 22.0 Å². The number of hydrazine groups is 1. The van der Waals surface area contributed by atoms with Crippen LogP contribution in [0.4, 0.5) is 0 Å². The zero-order valence-corrected chi connectivity index (χ0v) is 13.4. The number of hydrogen-bond acceptors (Lipinski definition) is 5. The fourth-order valence-electron chi connectivity index (χ4n) is 2.64. The van der Waals surface area contributed by atoms with E-state index in [2.05, 4.69) is 33.5 Å². The molecule has 2 atom stereocenters. The summed E-state index contributed by atoms with van der Waals surface area (Å²) in [5.41, 5.74) is 10.7. The molecule has 24 heavy (non-hydrogen) atoms. The summed E-state index contributed by atoms with van der Waals surface area (Å²) < 4.78 is 5.08. The molecule has 2 unspecified atom stereocenters. The summed E-state index contributed by atoms with van der Waals surface area (Å²) in [7, 11) is 1.59. The van der Waals surface area contributed by atoms with Crippen LogP contribution >= 0.6 is 0 Å². The topological polar surface area (TPSA) is 74.8 Å². The molecule has 1 aliphatic heterocycles. The van der Waals surface area contributed by atoms with Gasteiger partial charge in [-0.2, -0.15) is 5.10 Å². The number of nitrogens with zero attached hydrogens (tertiary/aromatic N) is 1. The third-order valence-corrected chi connectivity index (χ3v) is 3.97. The summed E-state index contributed by atoms with van der Waals surface area (Å²) >= 11 is 0. The molecule has 1 fully saturated rings. The van der Waals surface area contributed by atoms with E-state index in [9.17, 15) is 4.79 Å². The van der Waals surface area contributed by atoms with Crippen molar-refractivity contribution < 1.29 is 9.53 Å². The minimum Gasteiger partial charge on any atom is -0.497 e. The highest BCUT2D eigenvalue weighted by atomic mass is 16.5. The van der Waals surface area contributed by atoms with Gasteiger partial charge in [0.05, 0.1) is 13.2 Å². The molecular formula is C18H20N4O2. The molecule has 0 radical (unpaired) electrons. The molecule has 3 N–H and O–H groups in total. The van der Waals surface area contributed by atoms with E-state index in [0.29, 0.717) is 11.3 Å². The van der Waals surface area contributed by atoms with E-state index in [0.717, 1.165) is 6.54 Å². The van der Waals surface area contributed by atoms with Crippen molar-refractivity contribution in [1.29, 1.82) is 0 Å². The van der Waals surface area contributed by atoms with Crippen molar-refractivity contribution in [3.63, 3.8) is 0 Å². The zero-order valence-electron chi connectivity index (χ0n) is 13.4. The van der Waals surface area contributed by atoms with Crippen molar-refractivity contribution in [2.24, 2.45) is 11.0 Å². The average molecular weight is 324 g/mol. The Kier molecular flexibility index (Phi) is 5.20. The summed E-state index contributed by atoms with van der Waals surface area (Å²) in [4.78, 5) is 12.1. The quantitative estimate of drug-likeness (QED) is 0.580. The zero-order chi connectivity index (χ0) is 16.8. The number of rotatable bonds is 5. The third-order valence-electron chi connectivity index (χ3n) is 3.97. The first kappa shape index (κ1) is 16.2. The van der Waals surface area contributed by atoms with Gasteiger partial charge in [-0.25, -0.2) is 10.9 Å². The summed E-state index contributed by atoms with van der Waals surface area (Å²) in [5.74, 6) is 0.622. The molecule has 0 spiro atoms. The molecule has 0 bridgehead atoms. The van der Waals surface area contributed by atoms with Crippen LogP contribution in [-0.4, -0.2) is 25.8 Å². The van der Waals surface area contributed by atoms with Crippen molar-refractivity contribution in [2.45, 2.75) is 6.04 Å². The highest BCUT2D eigenvalue weighted by molar-refractivity contribution is 5.94. The van der Waals surface area contributed by atoms with Crippen molar-refractivity contribution in [2.75, 3.05) is 13.7 Å². The number of methoxy groups -OCH3 is 1. The summed E-state index contributed by atoms with van der Waals surface area (Å²) in [6, 6.07) is 17.2. The second kappa shape index (κ2) is 7.72. The van der Waals surface area contributed by atoms with Crippen LogP contribution in [0.25, 0.3) is 0 Å². The number of amides is 1. The molecule has 6 nitrogen and oxygen atoms in total. The standard InChI is InChI=1S/C18H20N4O2/c1-24-16-9-7-14(8-10-16)18(23)22-20-12-15-11-19-21-17(15)13-5-3-2-4-6-13/h2-10,12,15,17,19,21H,11H2,1H3,(H,22,23)/b20-12+. The van der Waals surface area contributed by atoms with Gasteiger partial charge in [0.2, 0.25) is 0 Å². The Hall–Kier alpha value is -2.70. The predicted molar refractivity (Wildman–Crippen MR) is 92.8 cm³/mol. The highest BCUT2D eigenvalue weighted by Crippen LogP contribution is 2.23. The molecule has 2 aromatic rings. The SMILES string of the molecule is COc1ccc(C(=O)N/N=C/C2CNNC2c2ccccc2)cc1. The number of carbonyl (C=O) groups excluding carboxylic acids is 1. The Labute approximate surface area is 140 Å². The van der Waals surface area contributed by atoms with Gasteiger partial charge >= 0.3 is 0 Å². The number of ether oxygens (including phenoxy) is 1. The third kappa shape index (κ3) is 3.79. The van der Waals surface area contributed by atoms with Gasteiger partial charge in [-0.1, -0.05) is 30.3 Å². The van der Waals surface area contributed by atoms with Gasteiger partial charge in [0.15, 0.2) is 0 Å². The molecule has 1 heterocycles. The maximum atomic E-state index is 12.1. The summed E-state index contributed by atoms with van der Waals surface area (Å²) in [5, 5.41) is 4.11. The maximum absolute atomic E-state index is 12.1. The highest BCUT2D eigenvalue weighted by Gasteiger charge is 2.26. The van der Waals surface area contributed by atoms with Crippen LogP contribution in [0.2, 0.25) is 0 Å². The van der Waals surface area contributed by atoms with Crippen LogP contribution in [-0.2, 0) is 0 Å². The van der Waals surface area contributed by atoms with Gasteiger partial charge < -0.3 is 4.74 Å². The van der Waals surface area contributed by atoms with Crippen LogP contribution in [0.15, 0.2) is 59.7 Å². The molecule has 6 heteroatoms. The largest absolute Gasteiger partial charge is 0.497 e. The smallest absolute Gasteiger partial charge is 0.271 e. The van der Waals surface area contributed by atoms with Crippen molar-refractivity contribution >= 4 is 12.1 Å². The average Bonchev–Trinajstić information content (AvgIpc) is 3.11. The number of hydrogen-bond donors (Lipinski definition) is 3. The minimum absolute atomic E-state index is 0.132. The van der Waals surface area contributed by atoms with E-state index in [-0.39, 0.29) is 17.9 Å². The van der Waals surface area contributed by atoms with E-state index in [1.807, 2.05) is 18.2 Å². The molecule has 2 aromatic carbocycles. The van der Waals surface area contributed by atoms with E-state index >= 15 is 0 Å². The number of nitrogens with one attached hydrogen (secondary N) is 3. The molecule has 1 aliphatic rings. The van der Waals surface area contributed by atoms with E-state index in [4.69, 9.17) is 4.74 Å². The van der Waals surface area contributed by atoms with E-state index in [1.165, 1.54) is 5.56 Å². The lowest BCUT2D eigenvalue weighted by atomic mass is 9.96. The second-order valence-electron chi connectivity index (χ2n) is 5.53. The predicted octanol–water partition coefficient (Wildman–Crippen LogP) is 1.88. The Bertz CT molecular complexity index is 701. The fraction of sp³-hybridized carbons (Fsp3) is 0.222. The van der Waals surface area contributed by atoms with Gasteiger partial charge in [-0.3, -0.25) is 10.2 Å². The number of carbonyl (C=O) groups is 1. The van der Waals surface area contributed by atoms with Crippen LogP contribution in [0.5, 0.6) is 5.75 Å². The van der Waals surface area contributed by atoms with Gasteiger partial charge in [0, 0.05) is 24.2 Å². The lowest BCUT2D eigenvalue weighted by Gasteiger charge is -2.14. The second-order valence-corrected chi connectivity index (χ2v) is 5.53. The van der Waals surface area contributed by atoms with Crippen LogP contribution < -0.4 is 21.0 Å². The minimum atomic E-state index is -0.246. The molecule has 1 saturated heterocycles. The van der Waals surface area contributed by atoms with E-state index in [1.54, 1.807) is 37.6 Å². The maximum Gasteiger partial charge on any atom is 0.271 e. The van der Waals surface area contributed by atoms with E-state index < -0.39 is 0 Å². The van der Waals surface area contributed by atoms with Gasteiger partial charge in [0.1, 0.15) is 5.75 Å². The molecule has 1 amide bonds. The number of hydrazone groups is 1. The Balaban J connectivity index is 1.59. The van der Waals surface area contributed by atoms with Gasteiger partial charge in [-0.05, 0) is 29.8 Å². The molecular weight excluding hydrogens is 304 g/mol. The fourth-order valence-corrected chi connectivity index (χ4v) is 2.64. The van der Waals surface area contributed by atoms with Gasteiger partial charge in [-0.15, -0.1) is 0 Å².